The Labute approximate surface area is 151 Å². The van der Waals surface area contributed by atoms with Gasteiger partial charge in [0.15, 0.2) is 0 Å². The third-order valence-electron chi connectivity index (χ3n) is 4.10. The highest BCUT2D eigenvalue weighted by Crippen LogP contribution is 2.37. The first-order valence-electron chi connectivity index (χ1n) is 7.95. The fraction of sp³-hybridized carbons (Fsp3) is 0.333. The summed E-state index contributed by atoms with van der Waals surface area (Å²) in [6.45, 7) is 3.24. The molecule has 0 saturated carbocycles. The van der Waals surface area contributed by atoms with Crippen molar-refractivity contribution in [3.8, 4) is 5.75 Å². The Balaban J connectivity index is 2.52. The summed E-state index contributed by atoms with van der Waals surface area (Å²) >= 11 is 0. The van der Waals surface area contributed by atoms with Crippen LogP contribution in [-0.4, -0.2) is 26.4 Å². The number of sulfonamides is 1. The number of benzene rings is 2. The molecule has 0 amide bonds. The molecule has 1 unspecified atom stereocenters. The monoisotopic (exact) mass is 387 g/mol. The fourth-order valence-electron chi connectivity index (χ4n) is 2.77. The lowest BCUT2D eigenvalue weighted by atomic mass is 10.1. The Hall–Kier alpha value is -2.06. The molecule has 0 aliphatic heterocycles. The number of rotatable bonds is 6. The number of alkyl halides is 3. The maximum Gasteiger partial charge on any atom is 0.417 e. The molecule has 0 radical (unpaired) electrons. The van der Waals surface area contributed by atoms with Gasteiger partial charge in [-0.1, -0.05) is 31.2 Å². The molecule has 0 saturated heterocycles. The largest absolute Gasteiger partial charge is 0.497 e. The smallest absolute Gasteiger partial charge is 0.417 e. The van der Waals surface area contributed by atoms with E-state index in [1.165, 1.54) is 19.2 Å². The predicted molar refractivity (Wildman–Crippen MR) is 92.4 cm³/mol. The SMILES string of the molecule is CCN(C(C)c1cccc(OC)c1)S(=O)(=O)c1ccccc1C(F)(F)F. The van der Waals surface area contributed by atoms with Gasteiger partial charge in [-0.25, -0.2) is 8.42 Å². The molecule has 0 fully saturated rings. The van der Waals surface area contributed by atoms with E-state index in [1.807, 2.05) is 0 Å². The number of hydrogen-bond donors (Lipinski definition) is 0. The van der Waals surface area contributed by atoms with E-state index in [0.717, 1.165) is 16.4 Å². The second-order valence-corrected chi connectivity index (χ2v) is 7.51. The van der Waals surface area contributed by atoms with Crippen LogP contribution in [0.25, 0.3) is 0 Å². The second kappa shape index (κ2) is 7.67. The molecule has 1 atom stereocenters. The molecule has 4 nitrogen and oxygen atoms in total. The standard InChI is InChI=1S/C18H20F3NO3S/c1-4-22(13(2)14-8-7-9-15(12-14)25-3)26(23,24)17-11-6-5-10-16(17)18(19,20)21/h5-13H,4H2,1-3H3. The van der Waals surface area contributed by atoms with Crippen LogP contribution in [0.4, 0.5) is 13.2 Å². The maximum atomic E-state index is 13.3. The van der Waals surface area contributed by atoms with Crippen molar-refractivity contribution >= 4 is 10.0 Å². The van der Waals surface area contributed by atoms with Crippen molar-refractivity contribution in [1.29, 1.82) is 0 Å². The Morgan fingerprint density at radius 3 is 2.35 bits per heavy atom. The van der Waals surface area contributed by atoms with Gasteiger partial charge in [0.1, 0.15) is 5.75 Å². The third-order valence-corrected chi connectivity index (χ3v) is 6.20. The highest BCUT2D eigenvalue weighted by Gasteiger charge is 2.39. The molecule has 0 aliphatic rings. The van der Waals surface area contributed by atoms with Crippen LogP contribution in [0.15, 0.2) is 53.4 Å². The van der Waals surface area contributed by atoms with E-state index in [1.54, 1.807) is 38.1 Å². The van der Waals surface area contributed by atoms with Gasteiger partial charge in [0.2, 0.25) is 10.0 Å². The van der Waals surface area contributed by atoms with Gasteiger partial charge in [0, 0.05) is 12.6 Å². The van der Waals surface area contributed by atoms with Crippen molar-refractivity contribution in [2.75, 3.05) is 13.7 Å². The zero-order chi connectivity index (χ0) is 19.5. The minimum absolute atomic E-state index is 0.0207. The molecular weight excluding hydrogens is 367 g/mol. The van der Waals surface area contributed by atoms with Crippen molar-refractivity contribution in [2.45, 2.75) is 31.0 Å². The Morgan fingerprint density at radius 2 is 1.77 bits per heavy atom. The second-order valence-electron chi connectivity index (χ2n) is 5.65. The quantitative estimate of drug-likeness (QED) is 0.734. The van der Waals surface area contributed by atoms with Crippen LogP contribution in [0, 0.1) is 0 Å². The van der Waals surface area contributed by atoms with Gasteiger partial charge in [-0.05, 0) is 36.8 Å². The lowest BCUT2D eigenvalue weighted by Gasteiger charge is -2.28. The average Bonchev–Trinajstić information content (AvgIpc) is 2.61. The summed E-state index contributed by atoms with van der Waals surface area (Å²) in [5.74, 6) is 0.540. The fourth-order valence-corrected chi connectivity index (χ4v) is 4.61. The first-order valence-corrected chi connectivity index (χ1v) is 9.39. The highest BCUT2D eigenvalue weighted by atomic mass is 32.2. The van der Waals surface area contributed by atoms with E-state index in [9.17, 15) is 21.6 Å². The predicted octanol–water partition coefficient (Wildman–Crippen LogP) is 4.49. The molecule has 0 spiro atoms. The van der Waals surface area contributed by atoms with Crippen molar-refractivity contribution in [3.05, 3.63) is 59.7 Å². The molecule has 0 bridgehead atoms. The minimum atomic E-state index is -4.76. The van der Waals surface area contributed by atoms with Crippen LogP contribution in [0.1, 0.15) is 31.0 Å². The van der Waals surface area contributed by atoms with Gasteiger partial charge in [-0.2, -0.15) is 17.5 Å². The van der Waals surface area contributed by atoms with Crippen LogP contribution in [0.5, 0.6) is 5.75 Å². The van der Waals surface area contributed by atoms with Gasteiger partial charge in [0.25, 0.3) is 0 Å². The van der Waals surface area contributed by atoms with Gasteiger partial charge in [-0.15, -0.1) is 0 Å². The summed E-state index contributed by atoms with van der Waals surface area (Å²) in [5.41, 5.74) is -0.546. The number of ether oxygens (including phenoxy) is 1. The first kappa shape index (κ1) is 20.3. The lowest BCUT2D eigenvalue weighted by Crippen LogP contribution is -2.34. The first-order chi connectivity index (χ1) is 12.1. The van der Waals surface area contributed by atoms with Crippen molar-refractivity contribution in [1.82, 2.24) is 4.31 Å². The normalized spacial score (nSPS) is 13.7. The molecule has 0 aliphatic carbocycles. The van der Waals surface area contributed by atoms with E-state index < -0.39 is 32.7 Å². The molecular formula is C18H20F3NO3S. The molecule has 142 valence electrons. The summed E-state index contributed by atoms with van der Waals surface area (Å²) in [6, 6.07) is 10.3. The summed E-state index contributed by atoms with van der Waals surface area (Å²) in [6.07, 6.45) is -4.76. The van der Waals surface area contributed by atoms with Crippen LogP contribution in [0.2, 0.25) is 0 Å². The number of hydrogen-bond acceptors (Lipinski definition) is 3. The van der Waals surface area contributed by atoms with Crippen LogP contribution >= 0.6 is 0 Å². The summed E-state index contributed by atoms with van der Waals surface area (Å²) in [7, 11) is -2.88. The van der Waals surface area contributed by atoms with E-state index >= 15 is 0 Å². The molecule has 0 heterocycles. The van der Waals surface area contributed by atoms with Crippen molar-refractivity contribution < 1.29 is 26.3 Å². The van der Waals surface area contributed by atoms with Crippen LogP contribution in [-0.2, 0) is 16.2 Å². The summed E-state index contributed by atoms with van der Waals surface area (Å²) < 4.78 is 72.0. The zero-order valence-corrected chi connectivity index (χ0v) is 15.4. The Bertz CT molecular complexity index is 866. The lowest BCUT2D eigenvalue weighted by molar-refractivity contribution is -0.139. The molecule has 2 rings (SSSR count). The molecule has 2 aromatic carbocycles. The van der Waals surface area contributed by atoms with E-state index in [-0.39, 0.29) is 6.54 Å². The van der Waals surface area contributed by atoms with Gasteiger partial charge < -0.3 is 4.74 Å². The Morgan fingerprint density at radius 1 is 1.12 bits per heavy atom. The highest BCUT2D eigenvalue weighted by molar-refractivity contribution is 7.89. The molecule has 2 aromatic rings. The van der Waals surface area contributed by atoms with Gasteiger partial charge in [0.05, 0.1) is 17.6 Å². The maximum absolute atomic E-state index is 13.3. The van der Waals surface area contributed by atoms with Crippen LogP contribution < -0.4 is 4.74 Å². The van der Waals surface area contributed by atoms with E-state index in [4.69, 9.17) is 4.74 Å². The van der Waals surface area contributed by atoms with E-state index in [2.05, 4.69) is 0 Å². The average molecular weight is 387 g/mol. The van der Waals surface area contributed by atoms with E-state index in [0.29, 0.717) is 11.3 Å². The number of halogens is 3. The molecule has 26 heavy (non-hydrogen) atoms. The van der Waals surface area contributed by atoms with Crippen molar-refractivity contribution in [2.24, 2.45) is 0 Å². The molecule has 0 aromatic heterocycles. The number of nitrogens with zero attached hydrogens (tertiary/aromatic N) is 1. The van der Waals surface area contributed by atoms with Crippen LogP contribution in [0.3, 0.4) is 0 Å². The summed E-state index contributed by atoms with van der Waals surface area (Å²) in [4.78, 5) is -0.746. The Kier molecular flexibility index (Phi) is 5.98. The third kappa shape index (κ3) is 4.02. The topological polar surface area (TPSA) is 46.6 Å². The number of methoxy groups -OCH3 is 1. The minimum Gasteiger partial charge on any atom is -0.497 e. The zero-order valence-electron chi connectivity index (χ0n) is 14.6. The molecule has 8 heteroatoms. The van der Waals surface area contributed by atoms with Gasteiger partial charge in [-0.3, -0.25) is 0 Å². The molecule has 0 N–H and O–H groups in total. The summed E-state index contributed by atoms with van der Waals surface area (Å²) in [5, 5.41) is 0. The van der Waals surface area contributed by atoms with Crippen molar-refractivity contribution in [3.63, 3.8) is 0 Å². The van der Waals surface area contributed by atoms with Gasteiger partial charge >= 0.3 is 6.18 Å².